The number of benzene rings is 1. The zero-order valence-corrected chi connectivity index (χ0v) is 10.4. The molecule has 0 atom stereocenters. The summed E-state index contributed by atoms with van der Waals surface area (Å²) < 4.78 is 1.73. The molecule has 0 radical (unpaired) electrons. The molecule has 0 unspecified atom stereocenters. The van der Waals surface area contributed by atoms with Gasteiger partial charge in [0.15, 0.2) is 5.65 Å². The molecule has 3 rings (SSSR count). The third-order valence-corrected chi connectivity index (χ3v) is 3.13. The molecule has 2 aromatic heterocycles. The highest BCUT2D eigenvalue weighted by Crippen LogP contribution is 2.26. The Bertz CT molecular complexity index is 728. The molecule has 2 heterocycles. The summed E-state index contributed by atoms with van der Waals surface area (Å²) in [6.07, 6.45) is 1.98. The second-order valence-corrected chi connectivity index (χ2v) is 4.46. The second-order valence-electron chi connectivity index (χ2n) is 4.46. The normalized spacial score (nSPS) is 11.0. The van der Waals surface area contributed by atoms with Gasteiger partial charge in [-0.1, -0.05) is 24.3 Å². The number of nitrogens with two attached hydrogens (primary N) is 1. The minimum absolute atomic E-state index is 0.302. The van der Waals surface area contributed by atoms with Crippen LogP contribution in [0, 0.1) is 13.8 Å². The Hall–Kier alpha value is -2.36. The summed E-state index contributed by atoms with van der Waals surface area (Å²) in [7, 11) is 0. The van der Waals surface area contributed by atoms with E-state index in [2.05, 4.69) is 36.1 Å². The molecule has 0 saturated carbocycles. The van der Waals surface area contributed by atoms with Crippen molar-refractivity contribution >= 4 is 11.6 Å². The van der Waals surface area contributed by atoms with Crippen molar-refractivity contribution in [1.29, 1.82) is 0 Å². The zero-order chi connectivity index (χ0) is 12.7. The molecule has 90 valence electrons. The van der Waals surface area contributed by atoms with E-state index in [1.165, 1.54) is 16.7 Å². The summed E-state index contributed by atoms with van der Waals surface area (Å²) in [6, 6.07) is 10.3. The minimum atomic E-state index is 0.302. The van der Waals surface area contributed by atoms with E-state index < -0.39 is 0 Å². The molecule has 0 saturated heterocycles. The van der Waals surface area contributed by atoms with E-state index in [0.29, 0.717) is 5.95 Å². The Balaban J connectivity index is 2.29. The molecule has 0 fully saturated rings. The van der Waals surface area contributed by atoms with Gasteiger partial charge in [0.25, 0.3) is 0 Å². The van der Waals surface area contributed by atoms with Gasteiger partial charge in [0.05, 0.1) is 0 Å². The summed E-state index contributed by atoms with van der Waals surface area (Å²) >= 11 is 0. The Morgan fingerprint density at radius 1 is 1.06 bits per heavy atom. The number of hydrogen-bond donors (Lipinski definition) is 1. The average Bonchev–Trinajstić information content (AvgIpc) is 2.68. The second kappa shape index (κ2) is 3.84. The molecule has 0 spiro atoms. The van der Waals surface area contributed by atoms with Gasteiger partial charge in [0.1, 0.15) is 0 Å². The van der Waals surface area contributed by atoms with Crippen molar-refractivity contribution < 1.29 is 0 Å². The summed E-state index contributed by atoms with van der Waals surface area (Å²) in [5, 5.41) is 4.15. The highest BCUT2D eigenvalue weighted by atomic mass is 15.3. The highest BCUT2D eigenvalue weighted by Gasteiger charge is 2.08. The summed E-state index contributed by atoms with van der Waals surface area (Å²) in [4.78, 5) is 4.16. The molecule has 0 aliphatic heterocycles. The summed E-state index contributed by atoms with van der Waals surface area (Å²) in [5.74, 6) is 0.302. The summed E-state index contributed by atoms with van der Waals surface area (Å²) in [6.45, 7) is 4.18. The maximum absolute atomic E-state index is 5.62. The largest absolute Gasteiger partial charge is 0.366 e. The van der Waals surface area contributed by atoms with Crippen LogP contribution in [0.4, 0.5) is 5.95 Å². The maximum atomic E-state index is 5.62. The molecule has 0 aliphatic rings. The molecule has 4 nitrogen and oxygen atoms in total. The Labute approximate surface area is 105 Å². The van der Waals surface area contributed by atoms with Crippen LogP contribution >= 0.6 is 0 Å². The molecule has 4 heteroatoms. The van der Waals surface area contributed by atoms with Crippen LogP contribution in [0.2, 0.25) is 0 Å². The summed E-state index contributed by atoms with van der Waals surface area (Å²) in [5.41, 5.74) is 11.2. The van der Waals surface area contributed by atoms with Crippen molar-refractivity contribution in [2.24, 2.45) is 0 Å². The predicted molar refractivity (Wildman–Crippen MR) is 72.3 cm³/mol. The molecule has 1 aromatic carbocycles. The van der Waals surface area contributed by atoms with E-state index in [0.717, 1.165) is 11.2 Å². The van der Waals surface area contributed by atoms with Crippen LogP contribution in [0.1, 0.15) is 11.1 Å². The van der Waals surface area contributed by atoms with Crippen LogP contribution < -0.4 is 5.73 Å². The number of hydrogen-bond acceptors (Lipinski definition) is 3. The van der Waals surface area contributed by atoms with Gasteiger partial charge in [0, 0.05) is 11.8 Å². The van der Waals surface area contributed by atoms with E-state index in [1.807, 2.05) is 24.4 Å². The van der Waals surface area contributed by atoms with Crippen molar-refractivity contribution in [3.63, 3.8) is 0 Å². The molecule has 2 N–H and O–H groups in total. The highest BCUT2D eigenvalue weighted by molar-refractivity contribution is 5.71. The van der Waals surface area contributed by atoms with Gasteiger partial charge in [-0.3, -0.25) is 0 Å². The van der Waals surface area contributed by atoms with Crippen LogP contribution in [0.25, 0.3) is 16.8 Å². The van der Waals surface area contributed by atoms with Gasteiger partial charge in [0.2, 0.25) is 5.95 Å². The fraction of sp³-hybridized carbons (Fsp3) is 0.143. The van der Waals surface area contributed by atoms with Crippen molar-refractivity contribution in [3.05, 3.63) is 47.7 Å². The van der Waals surface area contributed by atoms with Gasteiger partial charge < -0.3 is 5.73 Å². The smallest absolute Gasteiger partial charge is 0.240 e. The van der Waals surface area contributed by atoms with Gasteiger partial charge in [-0.25, -0.2) is 4.52 Å². The van der Waals surface area contributed by atoms with E-state index in [4.69, 9.17) is 5.73 Å². The van der Waals surface area contributed by atoms with Gasteiger partial charge >= 0.3 is 0 Å². The first-order chi connectivity index (χ1) is 8.65. The Kier molecular flexibility index (Phi) is 2.30. The molecule has 0 bridgehead atoms. The van der Waals surface area contributed by atoms with E-state index in [-0.39, 0.29) is 0 Å². The number of nitrogen functional groups attached to an aromatic ring is 1. The predicted octanol–water partition coefficient (Wildman–Crippen LogP) is 2.60. The topological polar surface area (TPSA) is 56.2 Å². The monoisotopic (exact) mass is 238 g/mol. The number of nitrogens with zero attached hydrogens (tertiary/aromatic N) is 3. The first-order valence-electron chi connectivity index (χ1n) is 5.83. The first-order valence-corrected chi connectivity index (χ1v) is 5.83. The molecular formula is C14H14N4. The van der Waals surface area contributed by atoms with E-state index in [1.54, 1.807) is 4.52 Å². The third-order valence-electron chi connectivity index (χ3n) is 3.13. The fourth-order valence-electron chi connectivity index (χ4n) is 2.20. The minimum Gasteiger partial charge on any atom is -0.366 e. The van der Waals surface area contributed by atoms with Crippen LogP contribution in [-0.4, -0.2) is 14.6 Å². The molecular weight excluding hydrogens is 224 g/mol. The molecule has 0 aliphatic carbocycles. The molecule has 18 heavy (non-hydrogen) atoms. The van der Waals surface area contributed by atoms with Crippen LogP contribution in [-0.2, 0) is 0 Å². The quantitative estimate of drug-likeness (QED) is 0.709. The Morgan fingerprint density at radius 2 is 1.83 bits per heavy atom. The van der Waals surface area contributed by atoms with Crippen molar-refractivity contribution in [2.75, 3.05) is 5.73 Å². The standard InChI is InChI=1S/C14H14N4/c1-9-5-3-4-6-11(9)12-8-18-13(7-10(12)2)16-14(15)17-18/h3-8H,1-2H3,(H2,15,17). The number of rotatable bonds is 1. The lowest BCUT2D eigenvalue weighted by Gasteiger charge is -2.09. The Morgan fingerprint density at radius 3 is 2.61 bits per heavy atom. The first kappa shape index (κ1) is 10.8. The lowest BCUT2D eigenvalue weighted by atomic mass is 9.99. The maximum Gasteiger partial charge on any atom is 0.240 e. The van der Waals surface area contributed by atoms with Gasteiger partial charge in [-0.2, -0.15) is 4.98 Å². The fourth-order valence-corrected chi connectivity index (χ4v) is 2.20. The SMILES string of the molecule is Cc1ccccc1-c1cn2nc(N)nc2cc1C. The van der Waals surface area contributed by atoms with Crippen LogP contribution in [0.15, 0.2) is 36.5 Å². The van der Waals surface area contributed by atoms with Crippen molar-refractivity contribution in [2.45, 2.75) is 13.8 Å². The number of aromatic nitrogens is 3. The molecule has 3 aromatic rings. The van der Waals surface area contributed by atoms with Crippen LogP contribution in [0.3, 0.4) is 0 Å². The number of anilines is 1. The number of pyridine rings is 1. The van der Waals surface area contributed by atoms with Gasteiger partial charge in [-0.05, 0) is 36.6 Å². The average molecular weight is 238 g/mol. The van der Waals surface area contributed by atoms with Crippen LogP contribution in [0.5, 0.6) is 0 Å². The third kappa shape index (κ3) is 1.62. The lowest BCUT2D eigenvalue weighted by Crippen LogP contribution is -1.94. The van der Waals surface area contributed by atoms with E-state index >= 15 is 0 Å². The van der Waals surface area contributed by atoms with Crippen molar-refractivity contribution in [3.8, 4) is 11.1 Å². The van der Waals surface area contributed by atoms with Gasteiger partial charge in [-0.15, -0.1) is 5.10 Å². The zero-order valence-electron chi connectivity index (χ0n) is 10.4. The number of fused-ring (bicyclic) bond motifs is 1. The van der Waals surface area contributed by atoms with Crippen molar-refractivity contribution in [1.82, 2.24) is 14.6 Å². The van der Waals surface area contributed by atoms with E-state index in [9.17, 15) is 0 Å². The number of aryl methyl sites for hydroxylation is 2. The lowest BCUT2D eigenvalue weighted by molar-refractivity contribution is 0.966. The molecule has 0 amide bonds.